The van der Waals surface area contributed by atoms with E-state index in [1.165, 1.54) is 6.42 Å². The van der Waals surface area contributed by atoms with Crippen molar-refractivity contribution in [3.63, 3.8) is 0 Å². The zero-order valence-corrected chi connectivity index (χ0v) is 22.5. The average Bonchev–Trinajstić information content (AvgIpc) is 3.62. The van der Waals surface area contributed by atoms with E-state index in [4.69, 9.17) is 14.2 Å². The minimum absolute atomic E-state index is 0.109. The molecule has 2 aliphatic rings. The predicted octanol–water partition coefficient (Wildman–Crippen LogP) is 5.64. The number of rotatable bonds is 10. The van der Waals surface area contributed by atoms with Gasteiger partial charge in [0.2, 0.25) is 18.6 Å². The Morgan fingerprint density at radius 3 is 2.58 bits per heavy atom. The molecule has 1 aliphatic heterocycles. The van der Waals surface area contributed by atoms with Gasteiger partial charge in [-0.25, -0.2) is 0 Å². The SMILES string of the molecule is CCOc1ccc([C@H](C(=O)NC2CCCCC2)N(Cc2ccc3c(c2)OCO3)C(=O)Cc2cccs2)cc1. The summed E-state index contributed by atoms with van der Waals surface area (Å²) >= 11 is 1.54. The van der Waals surface area contributed by atoms with Gasteiger partial charge in [-0.2, -0.15) is 0 Å². The van der Waals surface area contributed by atoms with Gasteiger partial charge >= 0.3 is 0 Å². The molecule has 38 heavy (non-hydrogen) atoms. The van der Waals surface area contributed by atoms with Gasteiger partial charge in [0.05, 0.1) is 13.0 Å². The van der Waals surface area contributed by atoms with Crippen LogP contribution in [-0.2, 0) is 22.6 Å². The van der Waals surface area contributed by atoms with Crippen molar-refractivity contribution in [3.05, 3.63) is 76.0 Å². The van der Waals surface area contributed by atoms with Crippen molar-refractivity contribution in [3.8, 4) is 17.2 Å². The van der Waals surface area contributed by atoms with Crippen LogP contribution in [0.2, 0.25) is 0 Å². The fourth-order valence-electron chi connectivity index (χ4n) is 5.14. The third-order valence-electron chi connectivity index (χ3n) is 7.03. The van der Waals surface area contributed by atoms with Crippen LogP contribution < -0.4 is 19.5 Å². The van der Waals surface area contributed by atoms with Crippen LogP contribution >= 0.6 is 11.3 Å². The highest BCUT2D eigenvalue weighted by Gasteiger charge is 2.33. The number of fused-ring (bicyclic) bond motifs is 1. The normalized spacial score (nSPS) is 15.6. The van der Waals surface area contributed by atoms with Crippen molar-refractivity contribution in [1.29, 1.82) is 0 Å². The molecule has 0 radical (unpaired) electrons. The lowest BCUT2D eigenvalue weighted by Crippen LogP contribution is -2.47. The Bertz CT molecular complexity index is 1220. The lowest BCUT2D eigenvalue weighted by molar-refractivity contribution is -0.141. The topological polar surface area (TPSA) is 77.1 Å². The molecule has 5 rings (SSSR count). The van der Waals surface area contributed by atoms with Crippen LogP contribution in [-0.4, -0.2) is 36.2 Å². The van der Waals surface area contributed by atoms with E-state index >= 15 is 0 Å². The molecule has 0 unspecified atom stereocenters. The molecule has 1 aliphatic carbocycles. The molecule has 1 atom stereocenters. The number of benzene rings is 2. The standard InChI is InChI=1S/C30H34N2O5S/c1-2-35-24-13-11-22(12-14-24)29(30(34)31-23-7-4-3-5-8-23)32(28(33)18-25-9-6-16-38-25)19-21-10-15-26-27(17-21)37-20-36-26/h6,9-17,23,29H,2-5,7-8,18-20H2,1H3,(H,31,34)/t29-/m1/s1. The molecule has 0 bridgehead atoms. The Labute approximate surface area is 227 Å². The number of carbonyl (C=O) groups is 2. The molecular weight excluding hydrogens is 500 g/mol. The Kier molecular flexibility index (Phi) is 8.48. The molecule has 1 saturated carbocycles. The first-order valence-corrected chi connectivity index (χ1v) is 14.2. The molecule has 7 nitrogen and oxygen atoms in total. The second-order valence-electron chi connectivity index (χ2n) is 9.71. The van der Waals surface area contributed by atoms with Crippen LogP contribution in [0.5, 0.6) is 17.2 Å². The maximum atomic E-state index is 14.0. The van der Waals surface area contributed by atoms with Crippen molar-refractivity contribution < 1.29 is 23.8 Å². The fourth-order valence-corrected chi connectivity index (χ4v) is 5.83. The number of hydrogen-bond donors (Lipinski definition) is 1. The van der Waals surface area contributed by atoms with Gasteiger partial charge in [0.25, 0.3) is 0 Å². The minimum atomic E-state index is -0.787. The van der Waals surface area contributed by atoms with Gasteiger partial charge < -0.3 is 24.4 Å². The summed E-state index contributed by atoms with van der Waals surface area (Å²) in [6.45, 7) is 2.93. The zero-order valence-electron chi connectivity index (χ0n) is 21.7. The number of amides is 2. The molecule has 0 saturated heterocycles. The summed E-state index contributed by atoms with van der Waals surface area (Å²) in [5.74, 6) is 1.81. The largest absolute Gasteiger partial charge is 0.494 e. The molecule has 200 valence electrons. The van der Waals surface area contributed by atoms with Crippen LogP contribution in [0.15, 0.2) is 60.0 Å². The Balaban J connectivity index is 1.49. The highest BCUT2D eigenvalue weighted by Crippen LogP contribution is 2.34. The van der Waals surface area contributed by atoms with Crippen LogP contribution in [0.4, 0.5) is 0 Å². The van der Waals surface area contributed by atoms with E-state index in [-0.39, 0.29) is 37.6 Å². The molecule has 2 aromatic carbocycles. The molecule has 0 spiro atoms. The van der Waals surface area contributed by atoms with E-state index in [1.54, 1.807) is 16.2 Å². The van der Waals surface area contributed by atoms with Crippen LogP contribution in [0.3, 0.4) is 0 Å². The summed E-state index contributed by atoms with van der Waals surface area (Å²) in [5, 5.41) is 5.24. The lowest BCUT2D eigenvalue weighted by Gasteiger charge is -2.33. The van der Waals surface area contributed by atoms with Crippen molar-refractivity contribution in [1.82, 2.24) is 10.2 Å². The first kappa shape index (κ1) is 26.1. The van der Waals surface area contributed by atoms with E-state index in [1.807, 2.05) is 66.9 Å². The molecule has 1 fully saturated rings. The average molecular weight is 535 g/mol. The van der Waals surface area contributed by atoms with E-state index in [0.29, 0.717) is 18.1 Å². The summed E-state index contributed by atoms with van der Waals surface area (Å²) in [4.78, 5) is 30.5. The molecule has 2 heterocycles. The number of thiophene rings is 1. The quantitative estimate of drug-likeness (QED) is 0.364. The van der Waals surface area contributed by atoms with Crippen LogP contribution in [0.25, 0.3) is 0 Å². The molecule has 1 aromatic heterocycles. The van der Waals surface area contributed by atoms with Gasteiger partial charge in [0, 0.05) is 17.5 Å². The number of hydrogen-bond acceptors (Lipinski definition) is 6. The van der Waals surface area contributed by atoms with Crippen molar-refractivity contribution in [2.24, 2.45) is 0 Å². The highest BCUT2D eigenvalue weighted by molar-refractivity contribution is 7.10. The Morgan fingerprint density at radius 2 is 1.84 bits per heavy atom. The maximum absolute atomic E-state index is 14.0. The van der Waals surface area contributed by atoms with Gasteiger partial charge in [0.15, 0.2) is 11.5 Å². The van der Waals surface area contributed by atoms with Crippen molar-refractivity contribution in [2.45, 2.75) is 64.1 Å². The summed E-state index contributed by atoms with van der Waals surface area (Å²) in [5.41, 5.74) is 1.62. The van der Waals surface area contributed by atoms with Crippen LogP contribution in [0, 0.1) is 0 Å². The van der Waals surface area contributed by atoms with E-state index in [0.717, 1.165) is 47.4 Å². The second-order valence-corrected chi connectivity index (χ2v) is 10.7. The van der Waals surface area contributed by atoms with Gasteiger partial charge in [0.1, 0.15) is 11.8 Å². The molecular formula is C30H34N2O5S. The van der Waals surface area contributed by atoms with Gasteiger partial charge in [-0.15, -0.1) is 11.3 Å². The van der Waals surface area contributed by atoms with Crippen molar-refractivity contribution in [2.75, 3.05) is 13.4 Å². The van der Waals surface area contributed by atoms with Gasteiger partial charge in [-0.3, -0.25) is 9.59 Å². The van der Waals surface area contributed by atoms with Crippen molar-refractivity contribution >= 4 is 23.2 Å². The zero-order chi connectivity index (χ0) is 26.3. The molecule has 3 aromatic rings. The highest BCUT2D eigenvalue weighted by atomic mass is 32.1. The number of carbonyl (C=O) groups excluding carboxylic acids is 2. The molecule has 8 heteroatoms. The Hall–Kier alpha value is -3.52. The first-order valence-electron chi connectivity index (χ1n) is 13.3. The number of nitrogens with one attached hydrogen (secondary N) is 1. The van der Waals surface area contributed by atoms with Crippen LogP contribution in [0.1, 0.15) is 61.1 Å². The summed E-state index contributed by atoms with van der Waals surface area (Å²) in [6.07, 6.45) is 5.57. The second kappa shape index (κ2) is 12.3. The summed E-state index contributed by atoms with van der Waals surface area (Å²) in [6, 6.07) is 16.4. The van der Waals surface area contributed by atoms with Gasteiger partial charge in [-0.05, 0) is 66.6 Å². The smallest absolute Gasteiger partial charge is 0.247 e. The third-order valence-corrected chi connectivity index (χ3v) is 7.91. The number of ether oxygens (including phenoxy) is 3. The third kappa shape index (κ3) is 6.30. The Morgan fingerprint density at radius 1 is 1.05 bits per heavy atom. The van der Waals surface area contributed by atoms with E-state index in [9.17, 15) is 9.59 Å². The fraction of sp³-hybridized carbons (Fsp3) is 0.400. The first-order chi connectivity index (χ1) is 18.6. The number of nitrogens with zero attached hydrogens (tertiary/aromatic N) is 1. The summed E-state index contributed by atoms with van der Waals surface area (Å²) in [7, 11) is 0. The summed E-state index contributed by atoms with van der Waals surface area (Å²) < 4.78 is 16.7. The lowest BCUT2D eigenvalue weighted by atomic mass is 9.94. The predicted molar refractivity (Wildman–Crippen MR) is 147 cm³/mol. The monoisotopic (exact) mass is 534 g/mol. The van der Waals surface area contributed by atoms with Gasteiger partial charge in [-0.1, -0.05) is 43.5 Å². The van der Waals surface area contributed by atoms with E-state index < -0.39 is 6.04 Å². The molecule has 1 N–H and O–H groups in total. The maximum Gasteiger partial charge on any atom is 0.247 e. The minimum Gasteiger partial charge on any atom is -0.494 e. The molecule has 2 amide bonds. The van der Waals surface area contributed by atoms with E-state index in [2.05, 4.69) is 5.32 Å².